The van der Waals surface area contributed by atoms with Crippen LogP contribution in [-0.4, -0.2) is 59.0 Å². The van der Waals surface area contributed by atoms with Crippen molar-refractivity contribution in [3.8, 4) is 0 Å². The molecule has 0 amide bonds. The number of aryl methyl sites for hydroxylation is 2. The standard InChI is InChI=1S/C18H21N7O3S/c1-13-3-4-19-16(9-13)23-17-10-18(22-14(2)21-17)24-5-7-25(8-6-24)29(26,27)15-11-20-28-12-15/h3-4,9-12H,5-8H2,1-2H3,(H,19,21,22,23). The largest absolute Gasteiger partial charge is 0.363 e. The minimum absolute atomic E-state index is 0.0703. The lowest BCUT2D eigenvalue weighted by Crippen LogP contribution is -2.48. The van der Waals surface area contributed by atoms with E-state index in [0.717, 1.165) is 17.6 Å². The number of pyridine rings is 1. The molecule has 1 aliphatic heterocycles. The predicted octanol–water partition coefficient (Wildman–Crippen LogP) is 1.73. The minimum atomic E-state index is -3.59. The highest BCUT2D eigenvalue weighted by atomic mass is 32.2. The molecule has 1 aliphatic rings. The molecule has 3 aromatic heterocycles. The number of nitrogens with zero attached hydrogens (tertiary/aromatic N) is 6. The van der Waals surface area contributed by atoms with Crippen LogP contribution >= 0.6 is 0 Å². The summed E-state index contributed by atoms with van der Waals surface area (Å²) in [5.41, 5.74) is 1.10. The molecule has 0 aliphatic carbocycles. The number of piperazine rings is 1. The molecule has 3 aromatic rings. The first-order chi connectivity index (χ1) is 13.9. The van der Waals surface area contributed by atoms with Gasteiger partial charge in [-0.3, -0.25) is 0 Å². The summed E-state index contributed by atoms with van der Waals surface area (Å²) in [5.74, 6) is 2.72. The summed E-state index contributed by atoms with van der Waals surface area (Å²) in [6.07, 6.45) is 4.10. The molecular formula is C18H21N7O3S. The Morgan fingerprint density at radius 2 is 1.86 bits per heavy atom. The Morgan fingerprint density at radius 3 is 2.55 bits per heavy atom. The van der Waals surface area contributed by atoms with Gasteiger partial charge in [-0.05, 0) is 31.5 Å². The maximum atomic E-state index is 12.6. The number of sulfonamides is 1. The van der Waals surface area contributed by atoms with E-state index in [1.54, 1.807) is 6.20 Å². The van der Waals surface area contributed by atoms with Gasteiger partial charge in [-0.2, -0.15) is 4.31 Å². The summed E-state index contributed by atoms with van der Waals surface area (Å²) in [6.45, 7) is 5.55. The zero-order valence-corrected chi connectivity index (χ0v) is 16.9. The van der Waals surface area contributed by atoms with Gasteiger partial charge in [0.25, 0.3) is 0 Å². The fraction of sp³-hybridized carbons (Fsp3) is 0.333. The van der Waals surface area contributed by atoms with Gasteiger partial charge in [-0.25, -0.2) is 23.4 Å². The van der Waals surface area contributed by atoms with Gasteiger partial charge >= 0.3 is 0 Å². The first-order valence-corrected chi connectivity index (χ1v) is 10.6. The lowest BCUT2D eigenvalue weighted by molar-refractivity contribution is 0.382. The predicted molar refractivity (Wildman–Crippen MR) is 107 cm³/mol. The van der Waals surface area contributed by atoms with Crippen LogP contribution in [0.25, 0.3) is 0 Å². The Hall–Kier alpha value is -3.05. The summed E-state index contributed by atoms with van der Waals surface area (Å²) >= 11 is 0. The van der Waals surface area contributed by atoms with Gasteiger partial charge in [-0.1, -0.05) is 5.16 Å². The molecule has 11 heteroatoms. The zero-order valence-electron chi connectivity index (χ0n) is 16.1. The lowest BCUT2D eigenvalue weighted by Gasteiger charge is -2.34. The van der Waals surface area contributed by atoms with E-state index in [-0.39, 0.29) is 4.90 Å². The third kappa shape index (κ3) is 4.20. The van der Waals surface area contributed by atoms with E-state index in [0.29, 0.717) is 43.6 Å². The van der Waals surface area contributed by atoms with Crippen molar-refractivity contribution in [3.05, 3.63) is 48.2 Å². The molecular weight excluding hydrogens is 394 g/mol. The average molecular weight is 415 g/mol. The Labute approximate surface area is 168 Å². The molecule has 0 unspecified atom stereocenters. The van der Waals surface area contributed by atoms with Crippen LogP contribution < -0.4 is 10.2 Å². The minimum Gasteiger partial charge on any atom is -0.363 e. The van der Waals surface area contributed by atoms with Crippen LogP contribution in [0.1, 0.15) is 11.4 Å². The maximum absolute atomic E-state index is 12.6. The van der Waals surface area contributed by atoms with Crippen LogP contribution in [0.2, 0.25) is 0 Å². The Morgan fingerprint density at radius 1 is 1.07 bits per heavy atom. The summed E-state index contributed by atoms with van der Waals surface area (Å²) < 4.78 is 31.3. The SMILES string of the molecule is Cc1ccnc(Nc2cc(N3CCN(S(=O)(=O)c4cnoc4)CC3)nc(C)n2)c1. The molecule has 152 valence electrons. The van der Waals surface area contributed by atoms with Crippen molar-refractivity contribution in [2.24, 2.45) is 0 Å². The third-order valence-electron chi connectivity index (χ3n) is 4.61. The Kier molecular flexibility index (Phi) is 5.16. The molecule has 0 radical (unpaired) electrons. The van der Waals surface area contributed by atoms with Crippen LogP contribution in [0.5, 0.6) is 0 Å². The normalized spacial score (nSPS) is 15.4. The maximum Gasteiger partial charge on any atom is 0.248 e. The molecule has 4 rings (SSSR count). The lowest BCUT2D eigenvalue weighted by atomic mass is 10.3. The van der Waals surface area contributed by atoms with E-state index >= 15 is 0 Å². The molecule has 0 spiro atoms. The molecule has 29 heavy (non-hydrogen) atoms. The summed E-state index contributed by atoms with van der Waals surface area (Å²) in [5, 5.41) is 6.69. The molecule has 0 aromatic carbocycles. The monoisotopic (exact) mass is 415 g/mol. The van der Waals surface area contributed by atoms with Crippen molar-refractivity contribution in [2.75, 3.05) is 36.4 Å². The van der Waals surface area contributed by atoms with Crippen LogP contribution in [-0.2, 0) is 10.0 Å². The van der Waals surface area contributed by atoms with Crippen molar-refractivity contribution in [1.29, 1.82) is 0 Å². The number of aromatic nitrogens is 4. The Balaban J connectivity index is 1.48. The van der Waals surface area contributed by atoms with E-state index in [1.165, 1.54) is 10.5 Å². The second kappa shape index (κ2) is 7.76. The fourth-order valence-corrected chi connectivity index (χ4v) is 4.43. The van der Waals surface area contributed by atoms with Crippen LogP contribution in [0, 0.1) is 13.8 Å². The van der Waals surface area contributed by atoms with Gasteiger partial charge in [0, 0.05) is 38.4 Å². The first-order valence-electron chi connectivity index (χ1n) is 9.12. The molecule has 1 N–H and O–H groups in total. The van der Waals surface area contributed by atoms with Crippen molar-refractivity contribution in [2.45, 2.75) is 18.7 Å². The van der Waals surface area contributed by atoms with E-state index in [2.05, 4.69) is 29.9 Å². The second-order valence-corrected chi connectivity index (χ2v) is 8.69. The van der Waals surface area contributed by atoms with E-state index in [1.807, 2.05) is 36.9 Å². The van der Waals surface area contributed by atoms with E-state index < -0.39 is 10.0 Å². The highest BCUT2D eigenvalue weighted by Crippen LogP contribution is 2.22. The second-order valence-electron chi connectivity index (χ2n) is 6.75. The van der Waals surface area contributed by atoms with Crippen LogP contribution in [0.4, 0.5) is 17.5 Å². The smallest absolute Gasteiger partial charge is 0.248 e. The number of rotatable bonds is 5. The topological polar surface area (TPSA) is 117 Å². The fourth-order valence-electron chi connectivity index (χ4n) is 3.14. The highest BCUT2D eigenvalue weighted by Gasteiger charge is 2.30. The zero-order chi connectivity index (χ0) is 20.4. The van der Waals surface area contributed by atoms with E-state index in [9.17, 15) is 8.42 Å². The summed E-state index contributed by atoms with van der Waals surface area (Å²) in [6, 6.07) is 5.71. The van der Waals surface area contributed by atoms with Gasteiger partial charge < -0.3 is 14.7 Å². The van der Waals surface area contributed by atoms with Gasteiger partial charge in [0.05, 0.1) is 6.20 Å². The van der Waals surface area contributed by atoms with Gasteiger partial charge in [0.15, 0.2) is 0 Å². The molecule has 10 nitrogen and oxygen atoms in total. The van der Waals surface area contributed by atoms with Gasteiger partial charge in [0.2, 0.25) is 10.0 Å². The number of nitrogens with one attached hydrogen (secondary N) is 1. The first kappa shape index (κ1) is 19.3. The average Bonchev–Trinajstić information content (AvgIpc) is 3.23. The number of anilines is 3. The van der Waals surface area contributed by atoms with Crippen molar-refractivity contribution in [3.63, 3.8) is 0 Å². The number of hydrogen-bond donors (Lipinski definition) is 1. The highest BCUT2D eigenvalue weighted by molar-refractivity contribution is 7.89. The molecule has 4 heterocycles. The quantitative estimate of drug-likeness (QED) is 0.664. The van der Waals surface area contributed by atoms with E-state index in [4.69, 9.17) is 0 Å². The van der Waals surface area contributed by atoms with Crippen molar-refractivity contribution < 1.29 is 12.9 Å². The summed E-state index contributed by atoms with van der Waals surface area (Å²) in [7, 11) is -3.59. The van der Waals surface area contributed by atoms with Gasteiger partial charge in [0.1, 0.15) is 34.4 Å². The molecule has 1 fully saturated rings. The van der Waals surface area contributed by atoms with Crippen LogP contribution in [0.3, 0.4) is 0 Å². The number of hydrogen-bond acceptors (Lipinski definition) is 9. The third-order valence-corrected chi connectivity index (χ3v) is 6.45. The molecule has 0 atom stereocenters. The molecule has 1 saturated heterocycles. The van der Waals surface area contributed by atoms with Crippen molar-refractivity contribution >= 4 is 27.5 Å². The van der Waals surface area contributed by atoms with Crippen molar-refractivity contribution in [1.82, 2.24) is 24.4 Å². The Bertz CT molecular complexity index is 1090. The van der Waals surface area contributed by atoms with Gasteiger partial charge in [-0.15, -0.1) is 0 Å². The molecule has 0 bridgehead atoms. The van der Waals surface area contributed by atoms with Crippen LogP contribution in [0.15, 0.2) is 46.3 Å². The molecule has 0 saturated carbocycles. The summed E-state index contributed by atoms with van der Waals surface area (Å²) in [4.78, 5) is 15.4.